The molecule has 0 unspecified atom stereocenters. The summed E-state index contributed by atoms with van der Waals surface area (Å²) in [6.07, 6.45) is 0. The monoisotopic (exact) mass is 234 g/mol. The third-order valence-corrected chi connectivity index (χ3v) is 2.81. The van der Waals surface area contributed by atoms with Crippen molar-refractivity contribution in [3.05, 3.63) is 34.9 Å². The number of rotatable bonds is 5. The molecule has 0 atom stereocenters. The zero-order chi connectivity index (χ0) is 12.8. The summed E-state index contributed by atoms with van der Waals surface area (Å²) in [7, 11) is 0. The number of amides is 1. The highest BCUT2D eigenvalue weighted by molar-refractivity contribution is 5.95. The molecule has 1 rings (SSSR count). The largest absolute Gasteiger partial charge is 0.351 e. The Hall–Kier alpha value is -1.35. The average Bonchev–Trinajstić information content (AvgIpc) is 2.27. The molecule has 0 aliphatic heterocycles. The molecule has 0 saturated carbocycles. The summed E-state index contributed by atoms with van der Waals surface area (Å²) < 4.78 is 0. The maximum absolute atomic E-state index is 11.9. The van der Waals surface area contributed by atoms with Gasteiger partial charge in [0.2, 0.25) is 0 Å². The quantitative estimate of drug-likeness (QED) is 0.765. The maximum Gasteiger partial charge on any atom is 0.251 e. The minimum Gasteiger partial charge on any atom is -0.351 e. The fraction of sp³-hybridized carbons (Fsp3) is 0.500. The third-order valence-electron chi connectivity index (χ3n) is 2.81. The summed E-state index contributed by atoms with van der Waals surface area (Å²) in [6.45, 7) is 9.64. The van der Waals surface area contributed by atoms with Crippen LogP contribution in [0.2, 0.25) is 0 Å². The van der Waals surface area contributed by atoms with Crippen molar-refractivity contribution in [2.75, 3.05) is 13.1 Å². The molecule has 0 radical (unpaired) electrons. The van der Waals surface area contributed by atoms with Gasteiger partial charge in [0.25, 0.3) is 5.91 Å². The zero-order valence-electron chi connectivity index (χ0n) is 11.1. The van der Waals surface area contributed by atoms with E-state index in [1.165, 1.54) is 0 Å². The molecule has 1 aromatic carbocycles. The van der Waals surface area contributed by atoms with Crippen LogP contribution in [-0.2, 0) is 0 Å². The van der Waals surface area contributed by atoms with Crippen LogP contribution < -0.4 is 10.6 Å². The first-order chi connectivity index (χ1) is 8.02. The Morgan fingerprint density at radius 2 is 1.94 bits per heavy atom. The number of hydrogen-bond acceptors (Lipinski definition) is 2. The highest BCUT2D eigenvalue weighted by atomic mass is 16.1. The lowest BCUT2D eigenvalue weighted by Crippen LogP contribution is -2.34. The van der Waals surface area contributed by atoms with Gasteiger partial charge >= 0.3 is 0 Å². The number of carbonyl (C=O) groups excluding carboxylic acids is 1. The molecule has 1 amide bonds. The summed E-state index contributed by atoms with van der Waals surface area (Å²) >= 11 is 0. The van der Waals surface area contributed by atoms with Gasteiger partial charge in [0.15, 0.2) is 0 Å². The first kappa shape index (κ1) is 13.7. The molecule has 0 heterocycles. The van der Waals surface area contributed by atoms with Gasteiger partial charge in [0.05, 0.1) is 0 Å². The van der Waals surface area contributed by atoms with Crippen LogP contribution in [0.1, 0.15) is 35.3 Å². The van der Waals surface area contributed by atoms with E-state index >= 15 is 0 Å². The molecule has 0 spiro atoms. The number of benzene rings is 1. The summed E-state index contributed by atoms with van der Waals surface area (Å²) in [6, 6.07) is 6.26. The highest BCUT2D eigenvalue weighted by Gasteiger charge is 2.08. The first-order valence-electron chi connectivity index (χ1n) is 6.10. The molecule has 0 aliphatic carbocycles. The van der Waals surface area contributed by atoms with Crippen LogP contribution in [0.3, 0.4) is 0 Å². The minimum absolute atomic E-state index is 0.0109. The Labute approximate surface area is 104 Å². The van der Waals surface area contributed by atoms with Gasteiger partial charge in [-0.25, -0.2) is 0 Å². The Morgan fingerprint density at radius 1 is 1.24 bits per heavy atom. The van der Waals surface area contributed by atoms with Crippen LogP contribution in [0.25, 0.3) is 0 Å². The lowest BCUT2D eigenvalue weighted by Gasteiger charge is -2.11. The second kappa shape index (κ2) is 6.40. The molecule has 0 bridgehead atoms. The SMILES string of the molecule is Cc1cccc(C(=O)NCCNC(C)C)c1C. The van der Waals surface area contributed by atoms with E-state index in [1.54, 1.807) is 0 Å². The maximum atomic E-state index is 11.9. The van der Waals surface area contributed by atoms with E-state index in [9.17, 15) is 4.79 Å². The lowest BCUT2D eigenvalue weighted by molar-refractivity contribution is 0.0953. The summed E-state index contributed by atoms with van der Waals surface area (Å²) in [5.41, 5.74) is 2.98. The van der Waals surface area contributed by atoms with E-state index in [2.05, 4.69) is 24.5 Å². The summed E-state index contributed by atoms with van der Waals surface area (Å²) in [4.78, 5) is 11.9. The molecule has 94 valence electrons. The highest BCUT2D eigenvalue weighted by Crippen LogP contribution is 2.12. The molecule has 0 saturated heterocycles. The minimum atomic E-state index is 0.0109. The molecule has 3 nitrogen and oxygen atoms in total. The van der Waals surface area contributed by atoms with Gasteiger partial charge in [-0.1, -0.05) is 26.0 Å². The van der Waals surface area contributed by atoms with Crippen molar-refractivity contribution >= 4 is 5.91 Å². The van der Waals surface area contributed by atoms with Crippen molar-refractivity contribution in [1.82, 2.24) is 10.6 Å². The molecule has 1 aromatic rings. The van der Waals surface area contributed by atoms with E-state index in [0.717, 1.165) is 23.2 Å². The van der Waals surface area contributed by atoms with Crippen LogP contribution in [0.5, 0.6) is 0 Å². The lowest BCUT2D eigenvalue weighted by atomic mass is 10.0. The number of carbonyl (C=O) groups is 1. The van der Waals surface area contributed by atoms with Crippen LogP contribution in [0, 0.1) is 13.8 Å². The van der Waals surface area contributed by atoms with Crippen molar-refractivity contribution in [2.45, 2.75) is 33.7 Å². The fourth-order valence-electron chi connectivity index (χ4n) is 1.63. The van der Waals surface area contributed by atoms with Crippen molar-refractivity contribution in [3.8, 4) is 0 Å². The van der Waals surface area contributed by atoms with Crippen molar-refractivity contribution < 1.29 is 4.79 Å². The smallest absolute Gasteiger partial charge is 0.251 e. The van der Waals surface area contributed by atoms with E-state index in [4.69, 9.17) is 0 Å². The Morgan fingerprint density at radius 3 is 2.59 bits per heavy atom. The van der Waals surface area contributed by atoms with Gasteiger partial charge in [0, 0.05) is 24.7 Å². The Kier molecular flexibility index (Phi) is 5.16. The van der Waals surface area contributed by atoms with Crippen LogP contribution in [-0.4, -0.2) is 25.0 Å². The predicted octanol–water partition coefficient (Wildman–Crippen LogP) is 2.03. The van der Waals surface area contributed by atoms with Crippen LogP contribution in [0.4, 0.5) is 0 Å². The topological polar surface area (TPSA) is 41.1 Å². The molecule has 0 aromatic heterocycles. The normalized spacial score (nSPS) is 10.6. The predicted molar refractivity (Wildman–Crippen MR) is 71.4 cm³/mol. The number of nitrogens with one attached hydrogen (secondary N) is 2. The van der Waals surface area contributed by atoms with Gasteiger partial charge in [-0.2, -0.15) is 0 Å². The van der Waals surface area contributed by atoms with E-state index in [1.807, 2.05) is 32.0 Å². The fourth-order valence-corrected chi connectivity index (χ4v) is 1.63. The van der Waals surface area contributed by atoms with Gasteiger partial charge < -0.3 is 10.6 Å². The molecule has 0 aliphatic rings. The molecule has 0 fully saturated rings. The van der Waals surface area contributed by atoms with E-state index in [-0.39, 0.29) is 5.91 Å². The van der Waals surface area contributed by atoms with E-state index in [0.29, 0.717) is 12.6 Å². The second-order valence-corrected chi connectivity index (χ2v) is 4.61. The molecule has 2 N–H and O–H groups in total. The Balaban J connectivity index is 2.50. The van der Waals surface area contributed by atoms with Gasteiger partial charge in [-0.05, 0) is 31.0 Å². The van der Waals surface area contributed by atoms with Gasteiger partial charge in [-0.15, -0.1) is 0 Å². The summed E-state index contributed by atoms with van der Waals surface area (Å²) in [5.74, 6) is 0.0109. The number of aryl methyl sites for hydroxylation is 1. The van der Waals surface area contributed by atoms with Gasteiger partial charge in [-0.3, -0.25) is 4.79 Å². The van der Waals surface area contributed by atoms with Crippen molar-refractivity contribution in [1.29, 1.82) is 0 Å². The molecule has 17 heavy (non-hydrogen) atoms. The first-order valence-corrected chi connectivity index (χ1v) is 6.10. The van der Waals surface area contributed by atoms with Crippen molar-refractivity contribution in [2.24, 2.45) is 0 Å². The third kappa shape index (κ3) is 4.19. The van der Waals surface area contributed by atoms with Crippen molar-refractivity contribution in [3.63, 3.8) is 0 Å². The standard InChI is InChI=1S/C14H22N2O/c1-10(2)15-8-9-16-14(17)13-7-5-6-11(3)12(13)4/h5-7,10,15H,8-9H2,1-4H3,(H,16,17). The second-order valence-electron chi connectivity index (χ2n) is 4.61. The zero-order valence-corrected chi connectivity index (χ0v) is 11.1. The molecule has 3 heteroatoms. The van der Waals surface area contributed by atoms with Crippen LogP contribution in [0.15, 0.2) is 18.2 Å². The molecular formula is C14H22N2O. The van der Waals surface area contributed by atoms with Gasteiger partial charge in [0.1, 0.15) is 0 Å². The summed E-state index contributed by atoms with van der Waals surface area (Å²) in [5, 5.41) is 6.18. The number of hydrogen-bond donors (Lipinski definition) is 2. The van der Waals surface area contributed by atoms with Crippen LogP contribution >= 0.6 is 0 Å². The average molecular weight is 234 g/mol. The van der Waals surface area contributed by atoms with E-state index < -0.39 is 0 Å². The molecular weight excluding hydrogens is 212 g/mol. The Bertz CT molecular complexity index is 386.